The third kappa shape index (κ3) is 5.79. The van der Waals surface area contributed by atoms with E-state index in [9.17, 15) is 19.7 Å². The first-order chi connectivity index (χ1) is 14.5. The molecule has 0 aliphatic carbocycles. The number of anilines is 1. The standard InChI is InChI=1S/C20H16N4O5S/c25-18(22-14-6-2-1-3-7-14)13-30-19-11-10-15(29-19)12-21-23-20(26)16-8-4-5-9-17(16)24(27)28/h1-12H,13H2,(H,22,25)(H,23,26). The van der Waals surface area contributed by atoms with Crippen LogP contribution in [-0.4, -0.2) is 28.7 Å². The van der Waals surface area contributed by atoms with E-state index < -0.39 is 10.8 Å². The van der Waals surface area contributed by atoms with Gasteiger partial charge in [0.05, 0.1) is 16.9 Å². The monoisotopic (exact) mass is 424 g/mol. The van der Waals surface area contributed by atoms with E-state index in [0.29, 0.717) is 16.5 Å². The molecule has 152 valence electrons. The topological polar surface area (TPSA) is 127 Å². The molecule has 0 spiro atoms. The summed E-state index contributed by atoms with van der Waals surface area (Å²) < 4.78 is 5.51. The van der Waals surface area contributed by atoms with Crippen LogP contribution in [-0.2, 0) is 4.79 Å². The molecular formula is C20H16N4O5S. The number of hydrogen-bond acceptors (Lipinski definition) is 7. The summed E-state index contributed by atoms with van der Waals surface area (Å²) in [7, 11) is 0. The Balaban J connectivity index is 1.50. The Morgan fingerprint density at radius 2 is 1.80 bits per heavy atom. The van der Waals surface area contributed by atoms with E-state index in [1.54, 1.807) is 24.3 Å². The predicted octanol–water partition coefficient (Wildman–Crippen LogP) is 3.68. The number of carbonyl (C=O) groups is 2. The van der Waals surface area contributed by atoms with Gasteiger partial charge in [-0.25, -0.2) is 5.43 Å². The Morgan fingerprint density at radius 1 is 1.07 bits per heavy atom. The number of nitro benzene ring substituents is 1. The average Bonchev–Trinajstić information content (AvgIpc) is 3.20. The lowest BCUT2D eigenvalue weighted by Gasteiger charge is -2.03. The molecule has 2 aromatic carbocycles. The molecule has 9 nitrogen and oxygen atoms in total. The molecular weight excluding hydrogens is 408 g/mol. The van der Waals surface area contributed by atoms with Gasteiger partial charge < -0.3 is 9.73 Å². The third-order valence-electron chi connectivity index (χ3n) is 3.71. The van der Waals surface area contributed by atoms with Crippen LogP contribution in [0.3, 0.4) is 0 Å². The number of rotatable bonds is 8. The lowest BCUT2D eigenvalue weighted by molar-refractivity contribution is -0.385. The van der Waals surface area contributed by atoms with Crippen molar-refractivity contribution in [3.63, 3.8) is 0 Å². The van der Waals surface area contributed by atoms with Crippen LogP contribution in [0.4, 0.5) is 11.4 Å². The lowest BCUT2D eigenvalue weighted by atomic mass is 10.2. The number of thioether (sulfide) groups is 1. The zero-order chi connectivity index (χ0) is 21.3. The Labute approximate surface area is 175 Å². The van der Waals surface area contributed by atoms with Crippen LogP contribution in [0.25, 0.3) is 0 Å². The molecule has 2 N–H and O–H groups in total. The highest BCUT2D eigenvalue weighted by atomic mass is 32.2. The Kier molecular flexibility index (Phi) is 6.95. The zero-order valence-electron chi connectivity index (χ0n) is 15.5. The molecule has 0 aliphatic heterocycles. The number of para-hydroxylation sites is 2. The number of amides is 2. The van der Waals surface area contributed by atoms with Crippen molar-refractivity contribution in [2.75, 3.05) is 11.1 Å². The molecule has 3 aromatic rings. The summed E-state index contributed by atoms with van der Waals surface area (Å²) >= 11 is 1.21. The molecule has 10 heteroatoms. The van der Waals surface area contributed by atoms with Gasteiger partial charge >= 0.3 is 0 Å². The second-order valence-corrected chi connectivity index (χ2v) is 6.81. The van der Waals surface area contributed by atoms with Gasteiger partial charge in [0.2, 0.25) is 5.91 Å². The van der Waals surface area contributed by atoms with Crippen molar-refractivity contribution in [3.05, 3.63) is 88.2 Å². The minimum atomic E-state index is -0.711. The van der Waals surface area contributed by atoms with Gasteiger partial charge in [-0.05, 0) is 30.3 Å². The average molecular weight is 424 g/mol. The summed E-state index contributed by atoms with van der Waals surface area (Å²) in [4.78, 5) is 34.4. The molecule has 0 fully saturated rings. The number of carbonyl (C=O) groups excluding carboxylic acids is 2. The van der Waals surface area contributed by atoms with Gasteiger partial charge in [0, 0.05) is 11.8 Å². The third-order valence-corrected chi connectivity index (χ3v) is 4.62. The number of nitrogens with zero attached hydrogens (tertiary/aromatic N) is 2. The molecule has 0 atom stereocenters. The molecule has 0 radical (unpaired) electrons. The van der Waals surface area contributed by atoms with Gasteiger partial charge in [-0.15, -0.1) is 0 Å². The quantitative estimate of drug-likeness (QED) is 0.246. The molecule has 0 saturated carbocycles. The maximum absolute atomic E-state index is 12.1. The van der Waals surface area contributed by atoms with E-state index in [4.69, 9.17) is 4.42 Å². The second kappa shape index (κ2) is 10.0. The van der Waals surface area contributed by atoms with Crippen molar-refractivity contribution in [2.24, 2.45) is 5.10 Å². The van der Waals surface area contributed by atoms with Crippen molar-refractivity contribution >= 4 is 41.2 Å². The molecule has 30 heavy (non-hydrogen) atoms. The van der Waals surface area contributed by atoms with E-state index in [-0.39, 0.29) is 22.9 Å². The maximum atomic E-state index is 12.1. The van der Waals surface area contributed by atoms with Crippen molar-refractivity contribution in [1.82, 2.24) is 5.43 Å². The lowest BCUT2D eigenvalue weighted by Crippen LogP contribution is -2.18. The van der Waals surface area contributed by atoms with Crippen molar-refractivity contribution in [1.29, 1.82) is 0 Å². The largest absolute Gasteiger partial charge is 0.449 e. The number of nitro groups is 1. The van der Waals surface area contributed by atoms with E-state index in [2.05, 4.69) is 15.8 Å². The SMILES string of the molecule is O=C(CSc1ccc(C=NNC(=O)c2ccccc2[N+](=O)[O-])o1)Nc1ccccc1. The molecule has 0 saturated heterocycles. The van der Waals surface area contributed by atoms with E-state index in [1.165, 1.54) is 42.2 Å². The van der Waals surface area contributed by atoms with Crippen LogP contribution < -0.4 is 10.7 Å². The van der Waals surface area contributed by atoms with Crippen LogP contribution in [0.15, 0.2) is 81.3 Å². The van der Waals surface area contributed by atoms with Gasteiger partial charge in [0.1, 0.15) is 11.3 Å². The fourth-order valence-electron chi connectivity index (χ4n) is 2.38. The summed E-state index contributed by atoms with van der Waals surface area (Å²) in [6.07, 6.45) is 1.26. The molecule has 2 amide bonds. The van der Waals surface area contributed by atoms with Crippen LogP contribution in [0, 0.1) is 10.1 Å². The van der Waals surface area contributed by atoms with E-state index >= 15 is 0 Å². The minimum absolute atomic E-state index is 0.0974. The van der Waals surface area contributed by atoms with Crippen LogP contribution >= 0.6 is 11.8 Å². The van der Waals surface area contributed by atoms with Gasteiger partial charge in [0.25, 0.3) is 11.6 Å². The van der Waals surface area contributed by atoms with Gasteiger partial charge in [-0.2, -0.15) is 5.10 Å². The van der Waals surface area contributed by atoms with Gasteiger partial charge in [0.15, 0.2) is 5.09 Å². The molecule has 0 bridgehead atoms. The smallest absolute Gasteiger partial charge is 0.282 e. The van der Waals surface area contributed by atoms with E-state index in [1.807, 2.05) is 18.2 Å². The highest BCUT2D eigenvalue weighted by Gasteiger charge is 2.18. The first-order valence-electron chi connectivity index (χ1n) is 8.67. The zero-order valence-corrected chi connectivity index (χ0v) is 16.3. The number of hydrogen-bond donors (Lipinski definition) is 2. The molecule has 1 aromatic heterocycles. The number of benzene rings is 2. The van der Waals surface area contributed by atoms with Gasteiger partial charge in [-0.3, -0.25) is 19.7 Å². The Morgan fingerprint density at radius 3 is 2.57 bits per heavy atom. The number of hydrazone groups is 1. The first-order valence-corrected chi connectivity index (χ1v) is 9.66. The van der Waals surface area contributed by atoms with Crippen molar-refractivity contribution in [2.45, 2.75) is 5.09 Å². The van der Waals surface area contributed by atoms with E-state index in [0.717, 1.165) is 0 Å². The fourth-order valence-corrected chi connectivity index (χ4v) is 3.04. The minimum Gasteiger partial charge on any atom is -0.449 e. The summed E-state index contributed by atoms with van der Waals surface area (Å²) in [6.45, 7) is 0. The molecule has 0 unspecified atom stereocenters. The second-order valence-electron chi connectivity index (χ2n) is 5.83. The summed E-state index contributed by atoms with van der Waals surface area (Å²) in [5.41, 5.74) is 2.53. The van der Waals surface area contributed by atoms with Crippen molar-refractivity contribution in [3.8, 4) is 0 Å². The number of furan rings is 1. The molecule has 3 rings (SSSR count). The van der Waals surface area contributed by atoms with Crippen LogP contribution in [0.1, 0.15) is 16.1 Å². The highest BCUT2D eigenvalue weighted by Crippen LogP contribution is 2.21. The molecule has 1 heterocycles. The predicted molar refractivity (Wildman–Crippen MR) is 113 cm³/mol. The normalized spacial score (nSPS) is 10.7. The number of nitrogens with one attached hydrogen (secondary N) is 2. The molecule has 0 aliphatic rings. The van der Waals surface area contributed by atoms with Gasteiger partial charge in [-0.1, -0.05) is 42.1 Å². The first kappa shape index (κ1) is 20.8. The highest BCUT2D eigenvalue weighted by molar-refractivity contribution is 7.99. The summed E-state index contributed by atoms with van der Waals surface area (Å²) in [5, 5.41) is 18.0. The van der Waals surface area contributed by atoms with Crippen LogP contribution in [0.5, 0.6) is 0 Å². The fraction of sp³-hybridized carbons (Fsp3) is 0.0500. The Bertz CT molecular complexity index is 1080. The Hall–Kier alpha value is -3.92. The van der Waals surface area contributed by atoms with Crippen LogP contribution in [0.2, 0.25) is 0 Å². The maximum Gasteiger partial charge on any atom is 0.282 e. The van der Waals surface area contributed by atoms with Crippen molar-refractivity contribution < 1.29 is 18.9 Å². The summed E-state index contributed by atoms with van der Waals surface area (Å²) in [6, 6.07) is 18.0. The summed E-state index contributed by atoms with van der Waals surface area (Å²) in [5.74, 6) is -0.372.